The van der Waals surface area contributed by atoms with Gasteiger partial charge in [-0.15, -0.1) is 0 Å². The maximum Gasteiger partial charge on any atom is 0.276 e. The van der Waals surface area contributed by atoms with E-state index in [-0.39, 0.29) is 18.2 Å². The number of nitrogens with one attached hydrogen (secondary N) is 1. The molecule has 0 atom stereocenters. The van der Waals surface area contributed by atoms with Crippen LogP contribution in [0.2, 0.25) is 0 Å². The molecule has 1 N–H and O–H groups in total. The fraction of sp³-hybridized carbons (Fsp3) is 0.0588. The van der Waals surface area contributed by atoms with Crippen molar-refractivity contribution in [2.45, 2.75) is 6.61 Å². The smallest absolute Gasteiger partial charge is 0.276 e. The van der Waals surface area contributed by atoms with Crippen LogP contribution in [-0.4, -0.2) is 15.2 Å². The van der Waals surface area contributed by atoms with Crippen LogP contribution >= 0.6 is 39.9 Å². The third-order valence-corrected chi connectivity index (χ3v) is 5.13. The van der Waals surface area contributed by atoms with Crippen molar-refractivity contribution >= 4 is 61.9 Å². The molecule has 9 heteroatoms. The van der Waals surface area contributed by atoms with Crippen LogP contribution in [-0.2, 0) is 11.4 Å². The predicted molar refractivity (Wildman–Crippen MR) is 108 cm³/mol. The van der Waals surface area contributed by atoms with Crippen LogP contribution in [0.5, 0.6) is 5.75 Å². The summed E-state index contributed by atoms with van der Waals surface area (Å²) in [7, 11) is 0. The first kappa shape index (κ1) is 18.6. The molecule has 1 heterocycles. The fourth-order valence-electron chi connectivity index (χ4n) is 2.29. The number of nitrogens with zero attached hydrogens (tertiary/aromatic N) is 1. The van der Waals surface area contributed by atoms with E-state index in [0.29, 0.717) is 26.1 Å². The molecular weight excluding hydrogens is 440 g/mol. The summed E-state index contributed by atoms with van der Waals surface area (Å²) in [4.78, 5) is 23.0. The summed E-state index contributed by atoms with van der Waals surface area (Å²) in [6.07, 6.45) is 1.68. The molecule has 0 unspecified atom stereocenters. The number of rotatable bonds is 5. The van der Waals surface area contributed by atoms with Crippen LogP contribution in [0.15, 0.2) is 51.8 Å². The summed E-state index contributed by atoms with van der Waals surface area (Å²) in [5.41, 5.74) is 1.13. The lowest BCUT2D eigenvalue weighted by molar-refractivity contribution is -0.385. The number of para-hydroxylation sites is 1. The Kier molecular flexibility index (Phi) is 5.70. The zero-order valence-corrected chi connectivity index (χ0v) is 16.3. The molecule has 0 radical (unpaired) electrons. The zero-order chi connectivity index (χ0) is 18.7. The van der Waals surface area contributed by atoms with E-state index in [4.69, 9.17) is 17.0 Å². The summed E-state index contributed by atoms with van der Waals surface area (Å²) in [6, 6.07) is 11.7. The summed E-state index contributed by atoms with van der Waals surface area (Å²) < 4.78 is 7.01. The lowest BCUT2D eigenvalue weighted by Crippen LogP contribution is -2.17. The Morgan fingerprint density at radius 3 is 2.77 bits per heavy atom. The van der Waals surface area contributed by atoms with Gasteiger partial charge in [-0.2, -0.15) is 0 Å². The van der Waals surface area contributed by atoms with Crippen molar-refractivity contribution in [3.63, 3.8) is 0 Å². The van der Waals surface area contributed by atoms with E-state index in [9.17, 15) is 14.9 Å². The number of benzene rings is 2. The highest BCUT2D eigenvalue weighted by molar-refractivity contribution is 9.10. The zero-order valence-electron chi connectivity index (χ0n) is 13.1. The van der Waals surface area contributed by atoms with Crippen molar-refractivity contribution in [3.8, 4) is 5.75 Å². The molecule has 3 rings (SSSR count). The highest BCUT2D eigenvalue weighted by Crippen LogP contribution is 2.32. The summed E-state index contributed by atoms with van der Waals surface area (Å²) in [6.45, 7) is 0.0344. The normalized spacial score (nSPS) is 15.2. The second-order valence-electron chi connectivity index (χ2n) is 5.21. The summed E-state index contributed by atoms with van der Waals surface area (Å²) in [5.74, 6) is 0.245. The van der Waals surface area contributed by atoms with E-state index < -0.39 is 4.92 Å². The molecule has 26 heavy (non-hydrogen) atoms. The predicted octanol–water partition coefficient (Wildman–Crippen LogP) is 4.43. The maximum atomic E-state index is 11.9. The standard InChI is InChI=1S/C17H11BrN2O4S2/c18-12-5-6-14(11(7-12)8-15-16(21)19-17(25)26-15)24-9-10-3-1-2-4-13(10)20(22)23/h1-8H,9H2,(H,19,21,25). The van der Waals surface area contributed by atoms with Crippen molar-refractivity contribution in [2.75, 3.05) is 0 Å². The van der Waals surface area contributed by atoms with Gasteiger partial charge in [0, 0.05) is 16.1 Å². The van der Waals surface area contributed by atoms with Gasteiger partial charge in [-0.3, -0.25) is 14.9 Å². The van der Waals surface area contributed by atoms with Crippen molar-refractivity contribution in [1.29, 1.82) is 0 Å². The highest BCUT2D eigenvalue weighted by atomic mass is 79.9. The van der Waals surface area contributed by atoms with E-state index in [1.165, 1.54) is 17.8 Å². The fourth-order valence-corrected chi connectivity index (χ4v) is 3.71. The van der Waals surface area contributed by atoms with Crippen molar-refractivity contribution in [2.24, 2.45) is 0 Å². The Labute approximate surface area is 166 Å². The van der Waals surface area contributed by atoms with E-state index in [2.05, 4.69) is 21.2 Å². The van der Waals surface area contributed by atoms with Crippen molar-refractivity contribution in [3.05, 3.63) is 73.1 Å². The number of carbonyl (C=O) groups is 1. The molecule has 1 amide bonds. The van der Waals surface area contributed by atoms with Crippen molar-refractivity contribution in [1.82, 2.24) is 5.32 Å². The van der Waals surface area contributed by atoms with Gasteiger partial charge in [0.1, 0.15) is 16.7 Å². The molecule has 6 nitrogen and oxygen atoms in total. The van der Waals surface area contributed by atoms with Crippen LogP contribution in [0.3, 0.4) is 0 Å². The molecule has 1 fully saturated rings. The topological polar surface area (TPSA) is 81.5 Å². The average Bonchev–Trinajstić information content (AvgIpc) is 2.91. The first-order chi connectivity index (χ1) is 12.4. The Morgan fingerprint density at radius 2 is 2.08 bits per heavy atom. The molecule has 1 aliphatic rings. The first-order valence-corrected chi connectivity index (χ1v) is 9.35. The monoisotopic (exact) mass is 450 g/mol. The maximum absolute atomic E-state index is 11.9. The molecule has 0 spiro atoms. The molecule has 2 aromatic rings. The molecule has 1 saturated heterocycles. The molecule has 0 bridgehead atoms. The number of amides is 1. The Morgan fingerprint density at radius 1 is 1.31 bits per heavy atom. The Balaban J connectivity index is 1.88. The average molecular weight is 451 g/mol. The van der Waals surface area contributed by atoms with Crippen LogP contribution in [0, 0.1) is 10.1 Å². The number of halogens is 1. The molecule has 2 aromatic carbocycles. The molecular formula is C17H11BrN2O4S2. The lowest BCUT2D eigenvalue weighted by atomic mass is 10.1. The van der Waals surface area contributed by atoms with Gasteiger partial charge in [0.05, 0.1) is 15.4 Å². The van der Waals surface area contributed by atoms with Crippen LogP contribution in [0.4, 0.5) is 5.69 Å². The van der Waals surface area contributed by atoms with E-state index in [1.807, 2.05) is 0 Å². The second-order valence-corrected chi connectivity index (χ2v) is 7.84. The van der Waals surface area contributed by atoms with Crippen LogP contribution in [0.1, 0.15) is 11.1 Å². The third-order valence-electron chi connectivity index (χ3n) is 3.47. The quantitative estimate of drug-likeness (QED) is 0.314. The number of thioether (sulfide) groups is 1. The van der Waals surface area contributed by atoms with Gasteiger partial charge >= 0.3 is 0 Å². The second kappa shape index (κ2) is 7.98. The van der Waals surface area contributed by atoms with Crippen LogP contribution < -0.4 is 10.1 Å². The summed E-state index contributed by atoms with van der Waals surface area (Å²) in [5, 5.41) is 13.7. The van der Waals surface area contributed by atoms with Gasteiger partial charge in [0.15, 0.2) is 0 Å². The molecule has 132 valence electrons. The van der Waals surface area contributed by atoms with Crippen molar-refractivity contribution < 1.29 is 14.5 Å². The Hall–Kier alpha value is -2.23. The van der Waals surface area contributed by atoms with Gasteiger partial charge < -0.3 is 10.1 Å². The van der Waals surface area contributed by atoms with Gasteiger partial charge in [-0.05, 0) is 30.3 Å². The lowest BCUT2D eigenvalue weighted by Gasteiger charge is -2.10. The number of thiocarbonyl (C=S) groups is 1. The molecule has 1 aliphatic heterocycles. The minimum atomic E-state index is -0.441. The van der Waals surface area contributed by atoms with Gasteiger partial charge in [0.25, 0.3) is 11.6 Å². The van der Waals surface area contributed by atoms with Gasteiger partial charge in [-0.25, -0.2) is 0 Å². The minimum Gasteiger partial charge on any atom is -0.488 e. The molecule has 0 saturated carbocycles. The number of nitro groups is 1. The number of carbonyl (C=O) groups excluding carboxylic acids is 1. The van der Waals surface area contributed by atoms with Gasteiger partial charge in [0.2, 0.25) is 0 Å². The highest BCUT2D eigenvalue weighted by Gasteiger charge is 2.22. The number of hydrogen-bond donors (Lipinski definition) is 1. The van der Waals surface area contributed by atoms with E-state index >= 15 is 0 Å². The number of nitro benzene ring substituents is 1. The summed E-state index contributed by atoms with van der Waals surface area (Å²) >= 11 is 9.56. The SMILES string of the molecule is O=C1NC(=S)SC1=Cc1cc(Br)ccc1OCc1ccccc1[N+](=O)[O-]. The van der Waals surface area contributed by atoms with E-state index in [0.717, 1.165) is 4.47 Å². The number of hydrogen-bond acceptors (Lipinski definition) is 6. The third kappa shape index (κ3) is 4.29. The minimum absolute atomic E-state index is 0.000547. The largest absolute Gasteiger partial charge is 0.488 e. The Bertz CT molecular complexity index is 946. The van der Waals surface area contributed by atoms with Gasteiger partial charge in [-0.1, -0.05) is 52.0 Å². The molecule has 0 aliphatic carbocycles. The van der Waals surface area contributed by atoms with E-state index in [1.54, 1.807) is 42.5 Å². The number of ether oxygens (including phenoxy) is 1. The first-order valence-electron chi connectivity index (χ1n) is 7.33. The molecule has 0 aromatic heterocycles. The van der Waals surface area contributed by atoms with Crippen LogP contribution in [0.25, 0.3) is 6.08 Å².